The summed E-state index contributed by atoms with van der Waals surface area (Å²) in [7, 11) is 0. The topological polar surface area (TPSA) is 37.8 Å². The fourth-order valence-electron chi connectivity index (χ4n) is 1.38. The molecular weight excluding hydrogens is 241 g/mol. The van der Waals surface area contributed by atoms with Gasteiger partial charge >= 0.3 is 0 Å². The molecule has 0 aliphatic heterocycles. The molecule has 0 saturated heterocycles. The van der Waals surface area contributed by atoms with Crippen molar-refractivity contribution < 1.29 is 4.39 Å². The van der Waals surface area contributed by atoms with Gasteiger partial charge in [0.2, 0.25) is 5.95 Å². The maximum absolute atomic E-state index is 13.3. The van der Waals surface area contributed by atoms with Crippen molar-refractivity contribution in [1.82, 2.24) is 9.97 Å². The number of benzene rings is 1. The largest absolute Gasteiger partial charge is 0.339 e. The van der Waals surface area contributed by atoms with E-state index in [9.17, 15) is 4.39 Å². The summed E-state index contributed by atoms with van der Waals surface area (Å²) in [5.74, 6) is -0.101. The van der Waals surface area contributed by atoms with Gasteiger partial charge in [-0.3, -0.25) is 0 Å². The number of nitrogens with zero attached hydrogens (tertiary/aromatic N) is 2. The van der Waals surface area contributed by atoms with Gasteiger partial charge in [-0.2, -0.15) is 4.39 Å². The molecule has 2 rings (SSSR count). The van der Waals surface area contributed by atoms with Gasteiger partial charge in [-0.15, -0.1) is 0 Å². The molecule has 0 spiro atoms. The van der Waals surface area contributed by atoms with E-state index in [-0.39, 0.29) is 10.8 Å². The summed E-state index contributed by atoms with van der Waals surface area (Å²) in [5.41, 5.74) is 1.95. The van der Waals surface area contributed by atoms with Crippen LogP contribution in [0.1, 0.15) is 11.4 Å². The van der Waals surface area contributed by atoms with Gasteiger partial charge in [0.25, 0.3) is 0 Å². The molecule has 0 radical (unpaired) electrons. The number of hydrogen-bond acceptors (Lipinski definition) is 3. The van der Waals surface area contributed by atoms with Gasteiger partial charge in [-0.1, -0.05) is 29.3 Å². The first-order chi connectivity index (χ1) is 8.06. The van der Waals surface area contributed by atoms with Crippen molar-refractivity contribution in [3.8, 4) is 0 Å². The molecule has 0 unspecified atom stereocenters. The Labute approximate surface area is 104 Å². The van der Waals surface area contributed by atoms with E-state index < -0.39 is 5.95 Å². The Hall–Kier alpha value is -1.68. The highest BCUT2D eigenvalue weighted by molar-refractivity contribution is 6.33. The lowest BCUT2D eigenvalue weighted by atomic mass is 10.2. The second kappa shape index (κ2) is 4.67. The van der Waals surface area contributed by atoms with Crippen LogP contribution in [0.4, 0.5) is 15.9 Å². The second-order valence-electron chi connectivity index (χ2n) is 3.72. The third-order valence-electron chi connectivity index (χ3n) is 2.24. The summed E-state index contributed by atoms with van der Waals surface area (Å²) in [6, 6.07) is 7.64. The van der Waals surface area contributed by atoms with Crippen molar-refractivity contribution in [2.45, 2.75) is 13.8 Å². The highest BCUT2D eigenvalue weighted by Gasteiger charge is 2.10. The Morgan fingerprint density at radius 3 is 2.41 bits per heavy atom. The molecule has 0 saturated carbocycles. The first kappa shape index (κ1) is 11.8. The molecule has 1 aromatic heterocycles. The van der Waals surface area contributed by atoms with Gasteiger partial charge in [0.1, 0.15) is 10.8 Å². The van der Waals surface area contributed by atoms with Gasteiger partial charge < -0.3 is 5.32 Å². The molecule has 88 valence electrons. The van der Waals surface area contributed by atoms with Crippen LogP contribution >= 0.6 is 11.6 Å². The Kier molecular flexibility index (Phi) is 3.24. The van der Waals surface area contributed by atoms with E-state index in [4.69, 9.17) is 11.6 Å². The quantitative estimate of drug-likeness (QED) is 0.829. The van der Waals surface area contributed by atoms with E-state index >= 15 is 0 Å². The number of aryl methyl sites for hydroxylation is 2. The molecule has 0 atom stereocenters. The van der Waals surface area contributed by atoms with E-state index in [0.29, 0.717) is 5.82 Å². The summed E-state index contributed by atoms with van der Waals surface area (Å²) in [6.45, 7) is 3.60. The number of halogens is 2. The molecule has 2 aromatic rings. The van der Waals surface area contributed by atoms with Gasteiger partial charge in [0, 0.05) is 5.69 Å². The highest BCUT2D eigenvalue weighted by atomic mass is 35.5. The normalized spacial score (nSPS) is 10.4. The van der Waals surface area contributed by atoms with Crippen LogP contribution in [0.3, 0.4) is 0 Å². The molecule has 0 amide bonds. The number of anilines is 2. The van der Waals surface area contributed by atoms with Crippen LogP contribution in [0.15, 0.2) is 24.3 Å². The second-order valence-corrected chi connectivity index (χ2v) is 4.09. The molecule has 1 heterocycles. The zero-order chi connectivity index (χ0) is 12.4. The van der Waals surface area contributed by atoms with E-state index in [2.05, 4.69) is 15.3 Å². The average molecular weight is 252 g/mol. The Morgan fingerprint density at radius 1 is 1.12 bits per heavy atom. The lowest BCUT2D eigenvalue weighted by molar-refractivity contribution is 0.576. The molecule has 0 aliphatic carbocycles. The summed E-state index contributed by atoms with van der Waals surface area (Å²) >= 11 is 5.78. The molecule has 0 aliphatic rings. The highest BCUT2D eigenvalue weighted by Crippen LogP contribution is 2.25. The van der Waals surface area contributed by atoms with Crippen molar-refractivity contribution in [2.75, 3.05) is 5.32 Å². The SMILES string of the molecule is Cc1ccc(Nc2nc(C)nc(F)c2Cl)cc1. The Morgan fingerprint density at radius 2 is 1.76 bits per heavy atom. The fraction of sp³-hybridized carbons (Fsp3) is 0.167. The summed E-state index contributed by atoms with van der Waals surface area (Å²) in [4.78, 5) is 7.60. The van der Waals surface area contributed by atoms with Crippen LogP contribution in [-0.4, -0.2) is 9.97 Å². The maximum Gasteiger partial charge on any atom is 0.237 e. The number of rotatable bonds is 2. The van der Waals surface area contributed by atoms with Gasteiger partial charge in [-0.05, 0) is 26.0 Å². The van der Waals surface area contributed by atoms with Crippen LogP contribution in [0.25, 0.3) is 0 Å². The van der Waals surface area contributed by atoms with Crippen LogP contribution in [-0.2, 0) is 0 Å². The van der Waals surface area contributed by atoms with E-state index in [1.54, 1.807) is 6.92 Å². The number of aromatic nitrogens is 2. The molecule has 0 bridgehead atoms. The van der Waals surface area contributed by atoms with Crippen molar-refractivity contribution in [3.63, 3.8) is 0 Å². The van der Waals surface area contributed by atoms with Crippen molar-refractivity contribution in [2.24, 2.45) is 0 Å². The van der Waals surface area contributed by atoms with Crippen molar-refractivity contribution >= 4 is 23.1 Å². The fourth-order valence-corrected chi connectivity index (χ4v) is 1.51. The average Bonchev–Trinajstić information content (AvgIpc) is 2.28. The van der Waals surface area contributed by atoms with Crippen molar-refractivity contribution in [1.29, 1.82) is 0 Å². The summed E-state index contributed by atoms with van der Waals surface area (Å²) in [5, 5.41) is 2.86. The third kappa shape index (κ3) is 2.71. The zero-order valence-corrected chi connectivity index (χ0v) is 10.2. The first-order valence-electron chi connectivity index (χ1n) is 5.09. The Balaban J connectivity index is 2.32. The predicted molar refractivity (Wildman–Crippen MR) is 66.2 cm³/mol. The van der Waals surface area contributed by atoms with Crippen LogP contribution in [0.2, 0.25) is 5.02 Å². The number of hydrogen-bond donors (Lipinski definition) is 1. The van der Waals surface area contributed by atoms with E-state index in [0.717, 1.165) is 11.3 Å². The van der Waals surface area contributed by atoms with Crippen LogP contribution in [0.5, 0.6) is 0 Å². The minimum absolute atomic E-state index is 0.101. The monoisotopic (exact) mass is 251 g/mol. The summed E-state index contributed by atoms with van der Waals surface area (Å²) in [6.07, 6.45) is 0. The number of nitrogens with one attached hydrogen (secondary N) is 1. The van der Waals surface area contributed by atoms with Crippen LogP contribution < -0.4 is 5.32 Å². The minimum atomic E-state index is -0.714. The van der Waals surface area contributed by atoms with Crippen molar-refractivity contribution in [3.05, 3.63) is 46.6 Å². The van der Waals surface area contributed by atoms with Gasteiger partial charge in [-0.25, -0.2) is 9.97 Å². The van der Waals surface area contributed by atoms with E-state index in [1.807, 2.05) is 31.2 Å². The van der Waals surface area contributed by atoms with Crippen LogP contribution in [0, 0.1) is 19.8 Å². The lowest BCUT2D eigenvalue weighted by Crippen LogP contribution is -2.01. The zero-order valence-electron chi connectivity index (χ0n) is 9.46. The smallest absolute Gasteiger partial charge is 0.237 e. The van der Waals surface area contributed by atoms with Gasteiger partial charge in [0.15, 0.2) is 5.82 Å². The maximum atomic E-state index is 13.3. The van der Waals surface area contributed by atoms with E-state index in [1.165, 1.54) is 0 Å². The molecule has 5 heteroatoms. The molecule has 3 nitrogen and oxygen atoms in total. The van der Waals surface area contributed by atoms with Gasteiger partial charge in [0.05, 0.1) is 0 Å². The molecule has 17 heavy (non-hydrogen) atoms. The predicted octanol–water partition coefficient (Wildman–Crippen LogP) is 3.63. The molecular formula is C12H11ClFN3. The lowest BCUT2D eigenvalue weighted by Gasteiger charge is -2.08. The third-order valence-corrected chi connectivity index (χ3v) is 2.57. The summed E-state index contributed by atoms with van der Waals surface area (Å²) < 4.78 is 13.3. The molecule has 1 N–H and O–H groups in total. The molecule has 0 fully saturated rings. The first-order valence-corrected chi connectivity index (χ1v) is 5.47. The minimum Gasteiger partial charge on any atom is -0.339 e. The molecule has 1 aromatic carbocycles. The standard InChI is InChI=1S/C12H11ClFN3/c1-7-3-5-9(6-4-7)17-12-10(13)11(14)15-8(2)16-12/h3-6H,1-2H3,(H,15,16,17). The Bertz CT molecular complexity index is 540.